The molecule has 0 saturated heterocycles. The zero-order valence-electron chi connectivity index (χ0n) is 10.4. The topological polar surface area (TPSA) is 56.2 Å². The van der Waals surface area contributed by atoms with Gasteiger partial charge in [-0.1, -0.05) is 18.2 Å². The highest BCUT2D eigenvalue weighted by Crippen LogP contribution is 2.16. The molecule has 0 spiro atoms. The zero-order chi connectivity index (χ0) is 13.0. The highest BCUT2D eigenvalue weighted by Gasteiger charge is 2.07. The van der Waals surface area contributed by atoms with Crippen molar-refractivity contribution in [2.75, 3.05) is 7.05 Å². The normalized spacial score (nSPS) is 10.1. The van der Waals surface area contributed by atoms with Gasteiger partial charge in [0, 0.05) is 13.2 Å². The third-order valence-electron chi connectivity index (χ3n) is 2.55. The van der Waals surface area contributed by atoms with Gasteiger partial charge < -0.3 is 10.1 Å². The van der Waals surface area contributed by atoms with Gasteiger partial charge in [0.15, 0.2) is 6.73 Å². The van der Waals surface area contributed by atoms with Crippen LogP contribution in [-0.4, -0.2) is 22.7 Å². The molecule has 5 heteroatoms. The molecular formula is C13H15N3O2. The molecule has 1 amide bonds. The first kappa shape index (κ1) is 12.2. The summed E-state index contributed by atoms with van der Waals surface area (Å²) in [6, 6.07) is 9.41. The van der Waals surface area contributed by atoms with Crippen LogP contribution in [0, 0.1) is 6.92 Å². The monoisotopic (exact) mass is 245 g/mol. The number of aromatic nitrogens is 2. The van der Waals surface area contributed by atoms with Crippen molar-refractivity contribution in [3.05, 3.63) is 47.8 Å². The van der Waals surface area contributed by atoms with Crippen molar-refractivity contribution in [3.63, 3.8) is 0 Å². The summed E-state index contributed by atoms with van der Waals surface area (Å²) in [6.45, 7) is 2.26. The summed E-state index contributed by atoms with van der Waals surface area (Å²) >= 11 is 0. The molecule has 0 aliphatic carbocycles. The van der Waals surface area contributed by atoms with E-state index < -0.39 is 0 Å². The number of carbonyl (C=O) groups is 1. The van der Waals surface area contributed by atoms with Crippen LogP contribution in [-0.2, 0) is 6.73 Å². The van der Waals surface area contributed by atoms with Gasteiger partial charge in [0.1, 0.15) is 11.4 Å². The largest absolute Gasteiger partial charge is 0.471 e. The molecule has 1 aromatic heterocycles. The van der Waals surface area contributed by atoms with Crippen molar-refractivity contribution in [2.45, 2.75) is 13.7 Å². The lowest BCUT2D eigenvalue weighted by Crippen LogP contribution is -2.19. The van der Waals surface area contributed by atoms with E-state index in [2.05, 4.69) is 10.4 Å². The van der Waals surface area contributed by atoms with Crippen molar-refractivity contribution in [2.24, 2.45) is 0 Å². The number of nitrogens with one attached hydrogen (secondary N) is 1. The number of carbonyl (C=O) groups excluding carboxylic acids is 1. The highest BCUT2D eigenvalue weighted by molar-refractivity contribution is 5.91. The highest BCUT2D eigenvalue weighted by atomic mass is 16.5. The van der Waals surface area contributed by atoms with Crippen molar-refractivity contribution in [1.29, 1.82) is 0 Å². The molecule has 2 rings (SSSR count). The lowest BCUT2D eigenvalue weighted by atomic mass is 10.2. The molecule has 5 nitrogen and oxygen atoms in total. The van der Waals surface area contributed by atoms with Crippen molar-refractivity contribution >= 4 is 5.91 Å². The molecule has 0 radical (unpaired) electrons. The van der Waals surface area contributed by atoms with E-state index in [1.165, 1.54) is 0 Å². The van der Waals surface area contributed by atoms with Crippen molar-refractivity contribution in [3.8, 4) is 5.75 Å². The fourth-order valence-corrected chi connectivity index (χ4v) is 1.54. The number of hydrogen-bond donors (Lipinski definition) is 1. The number of aryl methyl sites for hydroxylation is 1. The Morgan fingerprint density at radius 2 is 2.17 bits per heavy atom. The minimum atomic E-state index is -0.204. The SMILES string of the molecule is CNC(=O)c1ccn(COc2ccccc2C)n1. The Kier molecular flexibility index (Phi) is 3.62. The quantitative estimate of drug-likeness (QED) is 0.889. The third-order valence-corrected chi connectivity index (χ3v) is 2.55. The standard InChI is InChI=1S/C13H15N3O2/c1-10-5-3-4-6-12(10)18-9-16-8-7-11(15-16)13(17)14-2/h3-8H,9H2,1-2H3,(H,14,17). The van der Waals surface area contributed by atoms with E-state index in [0.717, 1.165) is 11.3 Å². The summed E-state index contributed by atoms with van der Waals surface area (Å²) < 4.78 is 7.20. The van der Waals surface area contributed by atoms with E-state index in [-0.39, 0.29) is 12.6 Å². The summed E-state index contributed by atoms with van der Waals surface area (Å²) in [5.41, 5.74) is 1.45. The fourth-order valence-electron chi connectivity index (χ4n) is 1.54. The number of ether oxygens (including phenoxy) is 1. The molecule has 0 saturated carbocycles. The van der Waals surface area contributed by atoms with E-state index in [1.807, 2.05) is 31.2 Å². The second-order valence-electron chi connectivity index (χ2n) is 3.86. The number of hydrogen-bond acceptors (Lipinski definition) is 3. The van der Waals surface area contributed by atoms with Gasteiger partial charge in [0.25, 0.3) is 5.91 Å². The Labute approximate surface area is 105 Å². The molecular weight excluding hydrogens is 230 g/mol. The molecule has 94 valence electrons. The second kappa shape index (κ2) is 5.35. The van der Waals surface area contributed by atoms with Crippen LogP contribution < -0.4 is 10.1 Å². The summed E-state index contributed by atoms with van der Waals surface area (Å²) in [6.07, 6.45) is 1.71. The molecule has 1 heterocycles. The predicted molar refractivity (Wildman–Crippen MR) is 67.4 cm³/mol. The van der Waals surface area contributed by atoms with E-state index in [4.69, 9.17) is 4.74 Å². The molecule has 0 aliphatic rings. The van der Waals surface area contributed by atoms with Gasteiger partial charge in [0.05, 0.1) is 0 Å². The van der Waals surface area contributed by atoms with Gasteiger partial charge in [-0.3, -0.25) is 4.79 Å². The van der Waals surface area contributed by atoms with Crippen LogP contribution in [0.3, 0.4) is 0 Å². The maximum absolute atomic E-state index is 11.3. The third kappa shape index (κ3) is 2.68. The van der Waals surface area contributed by atoms with E-state index in [0.29, 0.717) is 5.69 Å². The van der Waals surface area contributed by atoms with E-state index in [1.54, 1.807) is 24.0 Å². The first-order valence-electron chi connectivity index (χ1n) is 5.64. The molecule has 0 atom stereocenters. The predicted octanol–water partition coefficient (Wildman–Crippen LogP) is 1.59. The minimum Gasteiger partial charge on any atom is -0.471 e. The number of amides is 1. The Hall–Kier alpha value is -2.30. The van der Waals surface area contributed by atoms with Crippen LogP contribution in [0.4, 0.5) is 0 Å². The number of rotatable bonds is 4. The fraction of sp³-hybridized carbons (Fsp3) is 0.231. The molecule has 1 N–H and O–H groups in total. The number of benzene rings is 1. The summed E-state index contributed by atoms with van der Waals surface area (Å²) in [5.74, 6) is 0.610. The summed E-state index contributed by atoms with van der Waals surface area (Å²) in [5, 5.41) is 6.63. The van der Waals surface area contributed by atoms with Crippen LogP contribution in [0.1, 0.15) is 16.1 Å². The van der Waals surface area contributed by atoms with E-state index >= 15 is 0 Å². The lowest BCUT2D eigenvalue weighted by Gasteiger charge is -2.08. The van der Waals surface area contributed by atoms with Crippen LogP contribution in [0.15, 0.2) is 36.5 Å². The zero-order valence-corrected chi connectivity index (χ0v) is 10.4. The molecule has 1 aromatic carbocycles. The molecule has 0 aliphatic heterocycles. The molecule has 0 unspecified atom stereocenters. The van der Waals surface area contributed by atoms with Gasteiger partial charge in [-0.2, -0.15) is 5.10 Å². The second-order valence-corrected chi connectivity index (χ2v) is 3.86. The van der Waals surface area contributed by atoms with Gasteiger partial charge in [-0.25, -0.2) is 4.68 Å². The van der Waals surface area contributed by atoms with Crippen molar-refractivity contribution < 1.29 is 9.53 Å². The average Bonchev–Trinajstić information content (AvgIpc) is 2.86. The maximum Gasteiger partial charge on any atom is 0.271 e. The van der Waals surface area contributed by atoms with Gasteiger partial charge in [-0.15, -0.1) is 0 Å². The molecule has 0 fully saturated rings. The Morgan fingerprint density at radius 3 is 2.89 bits per heavy atom. The van der Waals surface area contributed by atoms with Gasteiger partial charge >= 0.3 is 0 Å². The van der Waals surface area contributed by atoms with Gasteiger partial charge in [0.2, 0.25) is 0 Å². The smallest absolute Gasteiger partial charge is 0.271 e. The average molecular weight is 245 g/mol. The molecule has 0 bridgehead atoms. The Balaban J connectivity index is 2.01. The van der Waals surface area contributed by atoms with Gasteiger partial charge in [-0.05, 0) is 24.6 Å². The Morgan fingerprint density at radius 1 is 1.39 bits per heavy atom. The number of nitrogens with zero attached hydrogens (tertiary/aromatic N) is 2. The van der Waals surface area contributed by atoms with Crippen LogP contribution in [0.2, 0.25) is 0 Å². The molecule has 18 heavy (non-hydrogen) atoms. The van der Waals surface area contributed by atoms with Crippen LogP contribution >= 0.6 is 0 Å². The van der Waals surface area contributed by atoms with E-state index in [9.17, 15) is 4.79 Å². The van der Waals surface area contributed by atoms with Crippen LogP contribution in [0.25, 0.3) is 0 Å². The number of para-hydroxylation sites is 1. The first-order valence-corrected chi connectivity index (χ1v) is 5.64. The minimum absolute atomic E-state index is 0.204. The first-order chi connectivity index (χ1) is 8.70. The van der Waals surface area contributed by atoms with Crippen molar-refractivity contribution in [1.82, 2.24) is 15.1 Å². The summed E-state index contributed by atoms with van der Waals surface area (Å²) in [7, 11) is 1.57. The Bertz CT molecular complexity index is 549. The summed E-state index contributed by atoms with van der Waals surface area (Å²) in [4.78, 5) is 11.3. The maximum atomic E-state index is 11.3. The molecule has 2 aromatic rings. The lowest BCUT2D eigenvalue weighted by molar-refractivity contribution is 0.0956. The van der Waals surface area contributed by atoms with Crippen LogP contribution in [0.5, 0.6) is 5.75 Å².